The van der Waals surface area contributed by atoms with Crippen LogP contribution in [0.4, 0.5) is 0 Å². The molecule has 134 valence electrons. The van der Waals surface area contributed by atoms with E-state index in [9.17, 15) is 4.79 Å². The molecule has 1 fully saturated rings. The first-order chi connectivity index (χ1) is 12.0. The van der Waals surface area contributed by atoms with Gasteiger partial charge in [0, 0.05) is 19.1 Å². The normalized spacial score (nSPS) is 18.1. The summed E-state index contributed by atoms with van der Waals surface area (Å²) in [6, 6.07) is 8.36. The van der Waals surface area contributed by atoms with Crippen LogP contribution < -0.4 is 10.1 Å². The van der Waals surface area contributed by atoms with Gasteiger partial charge in [-0.3, -0.25) is 9.69 Å². The molecule has 1 amide bonds. The van der Waals surface area contributed by atoms with Crippen molar-refractivity contribution >= 4 is 17.2 Å². The molecule has 25 heavy (non-hydrogen) atoms. The highest BCUT2D eigenvalue weighted by Gasteiger charge is 2.23. The van der Waals surface area contributed by atoms with Crippen LogP contribution in [0, 0.1) is 13.8 Å². The molecule has 1 saturated heterocycles. The van der Waals surface area contributed by atoms with Crippen molar-refractivity contribution in [3.05, 3.63) is 45.4 Å². The Labute approximate surface area is 153 Å². The topological polar surface area (TPSA) is 54.5 Å². The first-order valence-corrected chi connectivity index (χ1v) is 9.47. The fourth-order valence-electron chi connectivity index (χ4n) is 3.34. The van der Waals surface area contributed by atoms with E-state index < -0.39 is 0 Å². The molecule has 1 aromatic carbocycles. The Kier molecular flexibility index (Phi) is 5.71. The maximum atomic E-state index is 12.5. The van der Waals surface area contributed by atoms with Gasteiger partial charge in [0.25, 0.3) is 5.91 Å². The number of carbonyl (C=O) groups excluding carboxylic acids is 1. The Morgan fingerprint density at radius 2 is 2.28 bits per heavy atom. The van der Waals surface area contributed by atoms with Crippen molar-refractivity contribution < 1.29 is 9.53 Å². The molecule has 1 aromatic heterocycles. The summed E-state index contributed by atoms with van der Waals surface area (Å²) >= 11 is 1.47. The molecule has 1 atom stereocenters. The number of aryl methyl sites for hydroxylation is 2. The van der Waals surface area contributed by atoms with E-state index in [0.29, 0.717) is 0 Å². The van der Waals surface area contributed by atoms with E-state index in [-0.39, 0.29) is 11.9 Å². The van der Waals surface area contributed by atoms with Crippen molar-refractivity contribution in [2.24, 2.45) is 0 Å². The number of carbonyl (C=O) groups is 1. The number of aromatic nitrogens is 1. The van der Waals surface area contributed by atoms with Crippen LogP contribution in [0.15, 0.2) is 24.3 Å². The second-order valence-electron chi connectivity index (χ2n) is 6.55. The molecule has 5 nitrogen and oxygen atoms in total. The molecule has 0 radical (unpaired) electrons. The fourth-order valence-corrected chi connectivity index (χ4v) is 4.16. The lowest BCUT2D eigenvalue weighted by Crippen LogP contribution is -2.47. The number of benzene rings is 1. The predicted octanol–water partition coefficient (Wildman–Crippen LogP) is 3.16. The number of amides is 1. The summed E-state index contributed by atoms with van der Waals surface area (Å²) in [7, 11) is 1.69. The maximum absolute atomic E-state index is 12.5. The smallest absolute Gasteiger partial charge is 0.263 e. The van der Waals surface area contributed by atoms with Crippen LogP contribution in [0.3, 0.4) is 0 Å². The highest BCUT2D eigenvalue weighted by Crippen LogP contribution is 2.20. The molecule has 1 aliphatic rings. The van der Waals surface area contributed by atoms with E-state index in [4.69, 9.17) is 4.74 Å². The number of hydrogen-bond acceptors (Lipinski definition) is 5. The molecule has 1 aliphatic heterocycles. The molecular weight excluding hydrogens is 334 g/mol. The molecule has 0 aliphatic carbocycles. The highest BCUT2D eigenvalue weighted by atomic mass is 32.1. The second-order valence-corrected chi connectivity index (χ2v) is 7.75. The van der Waals surface area contributed by atoms with Crippen LogP contribution in [-0.4, -0.2) is 42.0 Å². The number of nitrogens with one attached hydrogen (secondary N) is 1. The number of likely N-dealkylation sites (tertiary alicyclic amines) is 1. The Morgan fingerprint density at radius 3 is 3.00 bits per heavy atom. The third-order valence-corrected chi connectivity index (χ3v) is 5.56. The van der Waals surface area contributed by atoms with Gasteiger partial charge in [0.2, 0.25) is 0 Å². The third-order valence-electron chi connectivity index (χ3n) is 4.49. The Balaban J connectivity index is 1.59. The van der Waals surface area contributed by atoms with Crippen LogP contribution in [0.2, 0.25) is 0 Å². The Bertz CT molecular complexity index is 744. The predicted molar refractivity (Wildman–Crippen MR) is 100 cm³/mol. The molecule has 2 heterocycles. The minimum Gasteiger partial charge on any atom is -0.497 e. The van der Waals surface area contributed by atoms with Crippen molar-refractivity contribution in [3.63, 3.8) is 0 Å². The summed E-state index contributed by atoms with van der Waals surface area (Å²) in [5.41, 5.74) is 2.06. The Morgan fingerprint density at radius 1 is 1.44 bits per heavy atom. The van der Waals surface area contributed by atoms with Gasteiger partial charge in [-0.15, -0.1) is 11.3 Å². The zero-order valence-corrected chi connectivity index (χ0v) is 15.9. The maximum Gasteiger partial charge on any atom is 0.263 e. The van der Waals surface area contributed by atoms with E-state index in [0.717, 1.165) is 53.8 Å². The average Bonchev–Trinajstić information content (AvgIpc) is 2.94. The Hall–Kier alpha value is -1.92. The molecule has 0 spiro atoms. The standard InChI is InChI=1S/C19H25N3O2S/c1-13-18(25-14(2)20-13)19(23)21-16-7-5-9-22(12-16)11-15-6-4-8-17(10-15)24-3/h4,6,8,10,16H,5,7,9,11-12H2,1-3H3,(H,21,23)/t16-/m0/s1. The van der Waals surface area contributed by atoms with Gasteiger partial charge in [0.05, 0.1) is 17.8 Å². The van der Waals surface area contributed by atoms with Crippen molar-refractivity contribution in [3.8, 4) is 5.75 Å². The van der Waals surface area contributed by atoms with Gasteiger partial charge in [-0.25, -0.2) is 4.98 Å². The summed E-state index contributed by atoms with van der Waals surface area (Å²) in [5, 5.41) is 4.13. The van der Waals surface area contributed by atoms with Crippen molar-refractivity contribution in [2.75, 3.05) is 20.2 Å². The van der Waals surface area contributed by atoms with Crippen LogP contribution in [0.25, 0.3) is 0 Å². The zero-order valence-electron chi connectivity index (χ0n) is 15.0. The molecule has 2 aromatic rings. The van der Waals surface area contributed by atoms with E-state index in [1.165, 1.54) is 16.9 Å². The monoisotopic (exact) mass is 359 g/mol. The van der Waals surface area contributed by atoms with Gasteiger partial charge in [-0.2, -0.15) is 0 Å². The number of rotatable bonds is 5. The molecule has 1 N–H and O–H groups in total. The number of methoxy groups -OCH3 is 1. The van der Waals surface area contributed by atoms with Crippen molar-refractivity contribution in [1.82, 2.24) is 15.2 Å². The van der Waals surface area contributed by atoms with E-state index >= 15 is 0 Å². The summed E-state index contributed by atoms with van der Waals surface area (Å²) < 4.78 is 5.30. The average molecular weight is 359 g/mol. The zero-order chi connectivity index (χ0) is 17.8. The molecular formula is C19H25N3O2S. The van der Waals surface area contributed by atoms with E-state index in [1.807, 2.05) is 26.0 Å². The fraction of sp³-hybridized carbons (Fsp3) is 0.474. The van der Waals surface area contributed by atoms with Gasteiger partial charge in [-0.1, -0.05) is 12.1 Å². The lowest BCUT2D eigenvalue weighted by molar-refractivity contribution is 0.0904. The lowest BCUT2D eigenvalue weighted by atomic mass is 10.0. The summed E-state index contributed by atoms with van der Waals surface area (Å²) in [6.45, 7) is 6.64. The minimum atomic E-state index is 0.0105. The van der Waals surface area contributed by atoms with Crippen LogP contribution in [0.5, 0.6) is 5.75 Å². The van der Waals surface area contributed by atoms with Crippen LogP contribution >= 0.6 is 11.3 Å². The number of ether oxygens (including phenoxy) is 1. The second kappa shape index (κ2) is 7.97. The van der Waals surface area contributed by atoms with Gasteiger partial charge in [-0.05, 0) is 50.9 Å². The SMILES string of the molecule is COc1cccc(CN2CCC[C@H](NC(=O)c3sc(C)nc3C)C2)c1. The molecule has 0 unspecified atom stereocenters. The van der Waals surface area contributed by atoms with Gasteiger partial charge < -0.3 is 10.1 Å². The quantitative estimate of drug-likeness (QED) is 0.891. The molecule has 0 bridgehead atoms. The van der Waals surface area contributed by atoms with Gasteiger partial charge >= 0.3 is 0 Å². The molecule has 0 saturated carbocycles. The number of piperidine rings is 1. The minimum absolute atomic E-state index is 0.0105. The largest absolute Gasteiger partial charge is 0.497 e. The third kappa shape index (κ3) is 4.58. The van der Waals surface area contributed by atoms with E-state index in [2.05, 4.69) is 27.3 Å². The van der Waals surface area contributed by atoms with Crippen LogP contribution in [0.1, 0.15) is 38.8 Å². The van der Waals surface area contributed by atoms with Crippen LogP contribution in [-0.2, 0) is 6.54 Å². The molecule has 3 rings (SSSR count). The summed E-state index contributed by atoms with van der Waals surface area (Å²) in [4.78, 5) is 20.0. The number of nitrogens with zero attached hydrogens (tertiary/aromatic N) is 2. The van der Waals surface area contributed by atoms with Gasteiger partial charge in [0.15, 0.2) is 0 Å². The van der Waals surface area contributed by atoms with E-state index in [1.54, 1.807) is 7.11 Å². The summed E-state index contributed by atoms with van der Waals surface area (Å²) in [5.74, 6) is 0.895. The first kappa shape index (κ1) is 17.9. The number of hydrogen-bond donors (Lipinski definition) is 1. The lowest BCUT2D eigenvalue weighted by Gasteiger charge is -2.33. The van der Waals surface area contributed by atoms with Crippen molar-refractivity contribution in [2.45, 2.75) is 39.3 Å². The highest BCUT2D eigenvalue weighted by molar-refractivity contribution is 7.13. The summed E-state index contributed by atoms with van der Waals surface area (Å²) in [6.07, 6.45) is 2.12. The number of thiazole rings is 1. The van der Waals surface area contributed by atoms with Crippen molar-refractivity contribution in [1.29, 1.82) is 0 Å². The first-order valence-electron chi connectivity index (χ1n) is 8.65. The molecule has 6 heteroatoms. The van der Waals surface area contributed by atoms with Gasteiger partial charge in [0.1, 0.15) is 10.6 Å².